The van der Waals surface area contributed by atoms with Crippen molar-refractivity contribution in [2.75, 3.05) is 54.4 Å². The molecule has 188 valence electrons. The summed E-state index contributed by atoms with van der Waals surface area (Å²) < 4.78 is 0. The van der Waals surface area contributed by atoms with Gasteiger partial charge < -0.3 is 26.4 Å². The van der Waals surface area contributed by atoms with Crippen molar-refractivity contribution in [3.63, 3.8) is 0 Å². The number of aryl methyl sites for hydroxylation is 1. The summed E-state index contributed by atoms with van der Waals surface area (Å²) in [6.07, 6.45) is 1.59. The Morgan fingerprint density at radius 3 is 2.75 bits per heavy atom. The number of anilines is 4. The van der Waals surface area contributed by atoms with E-state index in [9.17, 15) is 10.0 Å². The van der Waals surface area contributed by atoms with E-state index >= 15 is 0 Å². The number of halogens is 1. The average molecular weight is 510 g/mol. The van der Waals surface area contributed by atoms with Gasteiger partial charge in [-0.15, -0.1) is 0 Å². The zero-order valence-electron chi connectivity index (χ0n) is 19.8. The Balaban J connectivity index is 1.57. The van der Waals surface area contributed by atoms with E-state index in [1.54, 1.807) is 17.2 Å². The molecule has 0 bridgehead atoms. The molecule has 0 radical (unpaired) electrons. The second-order valence-corrected chi connectivity index (χ2v) is 8.78. The van der Waals surface area contributed by atoms with E-state index in [0.29, 0.717) is 36.2 Å². The van der Waals surface area contributed by atoms with Gasteiger partial charge in [-0.2, -0.15) is 0 Å². The van der Waals surface area contributed by atoms with Crippen LogP contribution in [-0.4, -0.2) is 65.4 Å². The number of aromatic nitrogens is 2. The maximum absolute atomic E-state index is 12.8. The number of piperazine rings is 1. The van der Waals surface area contributed by atoms with Crippen molar-refractivity contribution >= 4 is 52.6 Å². The van der Waals surface area contributed by atoms with Crippen LogP contribution in [0.15, 0.2) is 47.5 Å². The van der Waals surface area contributed by atoms with Crippen LogP contribution in [0, 0.1) is 12.1 Å². The minimum absolute atomic E-state index is 0.0188. The van der Waals surface area contributed by atoms with Gasteiger partial charge in [-0.1, -0.05) is 17.7 Å². The number of rotatable bonds is 7. The lowest BCUT2D eigenvalue weighted by atomic mass is 10.0. The van der Waals surface area contributed by atoms with Crippen molar-refractivity contribution < 1.29 is 10.0 Å². The van der Waals surface area contributed by atoms with E-state index in [1.807, 2.05) is 43.1 Å². The molecule has 0 spiro atoms. The molecule has 36 heavy (non-hydrogen) atoms. The van der Waals surface area contributed by atoms with Crippen molar-refractivity contribution in [1.29, 1.82) is 0 Å². The molecule has 3 heterocycles. The number of nitrogens with two attached hydrogens (primary N) is 1. The number of nitrogens with zero attached hydrogens (tertiary/aromatic N) is 6. The van der Waals surface area contributed by atoms with Gasteiger partial charge in [0.05, 0.1) is 30.2 Å². The van der Waals surface area contributed by atoms with Crippen LogP contribution >= 0.6 is 11.6 Å². The van der Waals surface area contributed by atoms with Crippen molar-refractivity contribution in [1.82, 2.24) is 14.9 Å². The van der Waals surface area contributed by atoms with Crippen molar-refractivity contribution in [3.8, 4) is 11.3 Å². The predicted molar refractivity (Wildman–Crippen MR) is 142 cm³/mol. The number of carbonyl (C=O) groups excluding carboxylic acids is 1. The highest BCUT2D eigenvalue weighted by atomic mass is 35.5. The van der Waals surface area contributed by atoms with E-state index in [2.05, 4.69) is 15.3 Å². The first-order chi connectivity index (χ1) is 17.2. The van der Waals surface area contributed by atoms with Gasteiger partial charge in [-0.25, -0.2) is 15.0 Å². The quantitative estimate of drug-likeness (QED) is 0.321. The molecule has 1 aliphatic heterocycles. The largest absolute Gasteiger partial charge is 0.733 e. The van der Waals surface area contributed by atoms with Crippen LogP contribution in [-0.2, 0) is 4.79 Å². The average Bonchev–Trinajstić information content (AvgIpc) is 2.82. The molecule has 0 atom stereocenters. The summed E-state index contributed by atoms with van der Waals surface area (Å²) in [7, 11) is 1.93. The number of nitrogens with one attached hydrogen (secondary N) is 1. The zero-order chi connectivity index (χ0) is 25.8. The number of benzene rings is 1. The van der Waals surface area contributed by atoms with E-state index in [-0.39, 0.29) is 28.5 Å². The SMILES string of the molecule is Cc1cc(Cl)ccc1-c1nc(NCC=Nc2ccc(N([O-])O)c(N)n2)ccc1N1CCN(C)CC1=O. The Labute approximate surface area is 213 Å². The van der Waals surface area contributed by atoms with Gasteiger partial charge in [0.25, 0.3) is 0 Å². The van der Waals surface area contributed by atoms with E-state index in [4.69, 9.17) is 27.5 Å². The normalized spacial score (nSPS) is 14.5. The monoisotopic (exact) mass is 509 g/mol. The molecule has 1 fully saturated rings. The summed E-state index contributed by atoms with van der Waals surface area (Å²) in [4.78, 5) is 29.6. The molecule has 11 nitrogen and oxygen atoms in total. The molecule has 1 amide bonds. The van der Waals surface area contributed by atoms with Crippen molar-refractivity contribution in [2.24, 2.45) is 4.99 Å². The highest BCUT2D eigenvalue weighted by Gasteiger charge is 2.26. The van der Waals surface area contributed by atoms with Crippen molar-refractivity contribution in [3.05, 3.63) is 58.3 Å². The van der Waals surface area contributed by atoms with Crippen LogP contribution in [0.1, 0.15) is 5.56 Å². The van der Waals surface area contributed by atoms with Crippen LogP contribution in [0.4, 0.5) is 28.8 Å². The maximum Gasteiger partial charge on any atom is 0.241 e. The molecular weight excluding hydrogens is 484 g/mol. The standard InChI is InChI=1S/C24H26ClN8O3/c1-15-13-16(25)3-4-17(15)23-18(32-12-11-31(2)14-22(32)34)5-7-20(29-23)27-9-10-28-21-8-6-19(33(35)36)24(26)30-21/h3-8,10,13,35H,9,11-12,14H2,1-2H3,(H2,26,30)(H,27,29)/q-1. The third-order valence-corrected chi connectivity index (χ3v) is 5.95. The number of pyridine rings is 2. The Hall–Kier alpha value is -3.77. The molecule has 1 aromatic carbocycles. The molecule has 0 unspecified atom stereocenters. The second kappa shape index (κ2) is 10.9. The molecule has 2 aromatic heterocycles. The second-order valence-electron chi connectivity index (χ2n) is 8.35. The van der Waals surface area contributed by atoms with Crippen LogP contribution in [0.5, 0.6) is 0 Å². The van der Waals surface area contributed by atoms with Gasteiger partial charge >= 0.3 is 0 Å². The number of aliphatic imine (C=N–C) groups is 1. The maximum atomic E-state index is 12.8. The van der Waals surface area contributed by atoms with Gasteiger partial charge in [0.1, 0.15) is 5.82 Å². The van der Waals surface area contributed by atoms with Crippen molar-refractivity contribution in [2.45, 2.75) is 6.92 Å². The van der Waals surface area contributed by atoms with Crippen LogP contribution < -0.4 is 21.2 Å². The fourth-order valence-electron chi connectivity index (χ4n) is 3.88. The Kier molecular flexibility index (Phi) is 7.65. The summed E-state index contributed by atoms with van der Waals surface area (Å²) in [5, 5.41) is 23.4. The lowest BCUT2D eigenvalue weighted by Crippen LogP contribution is -2.49. The first kappa shape index (κ1) is 25.3. The van der Waals surface area contributed by atoms with E-state index in [0.717, 1.165) is 23.4 Å². The van der Waals surface area contributed by atoms with Crippen LogP contribution in [0.3, 0.4) is 0 Å². The first-order valence-corrected chi connectivity index (χ1v) is 11.6. The van der Waals surface area contributed by atoms with E-state index < -0.39 is 0 Å². The van der Waals surface area contributed by atoms with E-state index in [1.165, 1.54) is 12.1 Å². The van der Waals surface area contributed by atoms with Crippen LogP contribution in [0.25, 0.3) is 11.3 Å². The number of nitrogen functional groups attached to an aromatic ring is 1. The minimum atomic E-state index is -0.345. The summed E-state index contributed by atoms with van der Waals surface area (Å²) in [6, 6.07) is 12.1. The number of hydrogen-bond acceptors (Lipinski definition) is 10. The number of likely N-dealkylation sites (N-methyl/N-ethyl adjacent to an activating group) is 1. The van der Waals surface area contributed by atoms with Gasteiger partial charge in [0.15, 0.2) is 11.6 Å². The summed E-state index contributed by atoms with van der Waals surface area (Å²) >= 11 is 6.17. The van der Waals surface area contributed by atoms with Crippen LogP contribution in [0.2, 0.25) is 5.02 Å². The summed E-state index contributed by atoms with van der Waals surface area (Å²) in [5.74, 6) is 0.773. The highest BCUT2D eigenvalue weighted by molar-refractivity contribution is 6.30. The summed E-state index contributed by atoms with van der Waals surface area (Å²) in [5.41, 5.74) is 8.76. The fourth-order valence-corrected chi connectivity index (χ4v) is 4.11. The van der Waals surface area contributed by atoms with Gasteiger partial charge in [0, 0.05) is 29.9 Å². The molecule has 4 rings (SSSR count). The third-order valence-electron chi connectivity index (χ3n) is 5.71. The number of amides is 1. The predicted octanol–water partition coefficient (Wildman–Crippen LogP) is 3.47. The smallest absolute Gasteiger partial charge is 0.241 e. The molecule has 1 aliphatic rings. The number of carbonyl (C=O) groups is 1. The first-order valence-electron chi connectivity index (χ1n) is 11.2. The lowest BCUT2D eigenvalue weighted by Gasteiger charge is -2.33. The molecule has 0 aliphatic carbocycles. The van der Waals surface area contributed by atoms with Gasteiger partial charge in [-0.05, 0) is 55.9 Å². The fraction of sp³-hybridized carbons (Fsp3) is 0.250. The van der Waals surface area contributed by atoms with Gasteiger partial charge in [0.2, 0.25) is 5.91 Å². The zero-order valence-corrected chi connectivity index (χ0v) is 20.6. The molecule has 0 saturated carbocycles. The van der Waals surface area contributed by atoms with Gasteiger partial charge in [-0.3, -0.25) is 14.9 Å². The Morgan fingerprint density at radius 1 is 1.25 bits per heavy atom. The molecule has 4 N–H and O–H groups in total. The Morgan fingerprint density at radius 2 is 2.06 bits per heavy atom. The molecule has 3 aromatic rings. The summed E-state index contributed by atoms with van der Waals surface area (Å²) in [6.45, 7) is 3.98. The number of hydrogen-bond donors (Lipinski definition) is 3. The molecule has 1 saturated heterocycles. The molecular formula is C24H26ClN8O3-. The molecule has 12 heteroatoms. The third kappa shape index (κ3) is 5.71. The Bertz CT molecular complexity index is 1300. The highest BCUT2D eigenvalue weighted by Crippen LogP contribution is 2.34. The minimum Gasteiger partial charge on any atom is -0.733 e. The lowest BCUT2D eigenvalue weighted by molar-refractivity contribution is -0.120. The topological polar surface area (TPSA) is 146 Å².